The summed E-state index contributed by atoms with van der Waals surface area (Å²) in [6, 6.07) is 7.00. The van der Waals surface area contributed by atoms with E-state index in [-0.39, 0.29) is 18.4 Å². The number of carbonyl (C=O) groups is 2. The van der Waals surface area contributed by atoms with Crippen LogP contribution in [0, 0.1) is 5.92 Å². The zero-order valence-electron chi connectivity index (χ0n) is 12.1. The molecule has 1 N–H and O–H groups in total. The van der Waals surface area contributed by atoms with Gasteiger partial charge in [0.15, 0.2) is 0 Å². The summed E-state index contributed by atoms with van der Waals surface area (Å²) in [5.41, 5.74) is 0.556. The van der Waals surface area contributed by atoms with Gasteiger partial charge in [-0.25, -0.2) is 0 Å². The van der Waals surface area contributed by atoms with E-state index in [4.69, 9.17) is 11.6 Å². The number of carbonyl (C=O) groups excluding carboxylic acids is 2. The summed E-state index contributed by atoms with van der Waals surface area (Å²) in [5, 5.41) is 3.27. The van der Waals surface area contributed by atoms with Crippen LogP contribution in [-0.2, 0) is 9.59 Å². The van der Waals surface area contributed by atoms with Crippen molar-refractivity contribution in [2.75, 3.05) is 18.0 Å². The second kappa shape index (κ2) is 7.90. The molecule has 0 bridgehead atoms. The maximum absolute atomic E-state index is 11.9. The van der Waals surface area contributed by atoms with Crippen LogP contribution in [0.3, 0.4) is 0 Å². The Balaban J connectivity index is 2.67. The van der Waals surface area contributed by atoms with E-state index < -0.39 is 0 Å². The molecule has 4 nitrogen and oxygen atoms in total. The van der Waals surface area contributed by atoms with Crippen molar-refractivity contribution in [3.63, 3.8) is 0 Å². The summed E-state index contributed by atoms with van der Waals surface area (Å²) in [5.74, 6) is 0.139. The van der Waals surface area contributed by atoms with Gasteiger partial charge >= 0.3 is 0 Å². The summed E-state index contributed by atoms with van der Waals surface area (Å²) >= 11 is 6.07. The van der Waals surface area contributed by atoms with E-state index in [1.54, 1.807) is 24.3 Å². The number of para-hydroxylation sites is 1. The minimum atomic E-state index is -0.211. The summed E-state index contributed by atoms with van der Waals surface area (Å²) in [6.07, 6.45) is 0.915. The molecular formula is C15H21ClN2O2. The standard InChI is InChI=1S/C15H21ClN2O2/c1-11(2)8-9-17-15(20)10-18(12(3)19)14-7-5-4-6-13(14)16/h4-7,11H,8-10H2,1-3H3,(H,17,20). The van der Waals surface area contributed by atoms with Crippen LogP contribution < -0.4 is 10.2 Å². The first-order valence-electron chi connectivity index (χ1n) is 6.71. The van der Waals surface area contributed by atoms with E-state index in [1.807, 2.05) is 0 Å². The number of amides is 2. The molecule has 1 aromatic rings. The Hall–Kier alpha value is -1.55. The number of nitrogens with zero attached hydrogens (tertiary/aromatic N) is 1. The highest BCUT2D eigenvalue weighted by Crippen LogP contribution is 2.25. The van der Waals surface area contributed by atoms with Gasteiger partial charge in [0, 0.05) is 13.5 Å². The van der Waals surface area contributed by atoms with Gasteiger partial charge in [0.25, 0.3) is 0 Å². The number of hydrogen-bond donors (Lipinski definition) is 1. The molecule has 110 valence electrons. The highest BCUT2D eigenvalue weighted by Gasteiger charge is 2.17. The first kappa shape index (κ1) is 16.5. The average Bonchev–Trinajstić information content (AvgIpc) is 2.36. The lowest BCUT2D eigenvalue weighted by Crippen LogP contribution is -2.40. The van der Waals surface area contributed by atoms with E-state index in [1.165, 1.54) is 11.8 Å². The van der Waals surface area contributed by atoms with Gasteiger partial charge in [-0.1, -0.05) is 37.6 Å². The largest absolute Gasteiger partial charge is 0.355 e. The van der Waals surface area contributed by atoms with Crippen LogP contribution in [0.5, 0.6) is 0 Å². The van der Waals surface area contributed by atoms with Crippen molar-refractivity contribution in [3.05, 3.63) is 29.3 Å². The Labute approximate surface area is 125 Å². The highest BCUT2D eigenvalue weighted by atomic mass is 35.5. The summed E-state index contributed by atoms with van der Waals surface area (Å²) in [4.78, 5) is 25.0. The van der Waals surface area contributed by atoms with E-state index in [0.717, 1.165) is 6.42 Å². The van der Waals surface area contributed by atoms with Crippen molar-refractivity contribution in [2.24, 2.45) is 5.92 Å². The molecule has 0 fully saturated rings. The SMILES string of the molecule is CC(=O)N(CC(=O)NCCC(C)C)c1ccccc1Cl. The van der Waals surface area contributed by atoms with Crippen molar-refractivity contribution in [1.29, 1.82) is 0 Å². The minimum absolute atomic E-state index is 0.0167. The zero-order chi connectivity index (χ0) is 15.1. The molecule has 0 aromatic heterocycles. The third-order valence-electron chi connectivity index (χ3n) is 2.87. The molecule has 0 saturated heterocycles. The Bertz CT molecular complexity index is 475. The maximum atomic E-state index is 11.9. The van der Waals surface area contributed by atoms with Gasteiger partial charge < -0.3 is 10.2 Å². The van der Waals surface area contributed by atoms with Gasteiger partial charge in [0.1, 0.15) is 6.54 Å². The fraction of sp³-hybridized carbons (Fsp3) is 0.467. The van der Waals surface area contributed by atoms with Gasteiger partial charge in [0.05, 0.1) is 10.7 Å². The number of nitrogens with one attached hydrogen (secondary N) is 1. The molecule has 1 rings (SSSR count). The molecule has 20 heavy (non-hydrogen) atoms. The molecule has 0 heterocycles. The fourth-order valence-electron chi connectivity index (χ4n) is 1.74. The normalized spacial score (nSPS) is 10.4. The van der Waals surface area contributed by atoms with E-state index >= 15 is 0 Å². The number of rotatable bonds is 6. The molecule has 0 saturated carbocycles. The Kier molecular flexibility index (Phi) is 6.52. The summed E-state index contributed by atoms with van der Waals surface area (Å²) in [7, 11) is 0. The third kappa shape index (κ3) is 5.21. The minimum Gasteiger partial charge on any atom is -0.355 e. The van der Waals surface area contributed by atoms with Crippen molar-refractivity contribution >= 4 is 29.1 Å². The quantitative estimate of drug-likeness (QED) is 0.877. The van der Waals surface area contributed by atoms with Gasteiger partial charge in [-0.3, -0.25) is 9.59 Å². The van der Waals surface area contributed by atoms with E-state index in [9.17, 15) is 9.59 Å². The lowest BCUT2D eigenvalue weighted by atomic mass is 10.1. The lowest BCUT2D eigenvalue weighted by Gasteiger charge is -2.21. The number of anilines is 1. The van der Waals surface area contributed by atoms with Crippen molar-refractivity contribution in [1.82, 2.24) is 5.32 Å². The van der Waals surface area contributed by atoms with Gasteiger partial charge in [-0.2, -0.15) is 0 Å². The molecule has 0 radical (unpaired) electrons. The van der Waals surface area contributed by atoms with Gasteiger partial charge in [0.2, 0.25) is 11.8 Å². The molecule has 0 unspecified atom stereocenters. The number of hydrogen-bond acceptors (Lipinski definition) is 2. The zero-order valence-corrected chi connectivity index (χ0v) is 12.9. The first-order chi connectivity index (χ1) is 9.41. The predicted octanol–water partition coefficient (Wildman–Crippen LogP) is 2.86. The van der Waals surface area contributed by atoms with Crippen molar-refractivity contribution in [2.45, 2.75) is 27.2 Å². The molecule has 2 amide bonds. The van der Waals surface area contributed by atoms with Crippen LogP contribution in [0.25, 0.3) is 0 Å². The van der Waals surface area contributed by atoms with Gasteiger partial charge in [-0.05, 0) is 24.5 Å². The molecule has 0 spiro atoms. The van der Waals surface area contributed by atoms with E-state index in [0.29, 0.717) is 23.2 Å². The highest BCUT2D eigenvalue weighted by molar-refractivity contribution is 6.33. The monoisotopic (exact) mass is 296 g/mol. The predicted molar refractivity (Wildman–Crippen MR) is 81.9 cm³/mol. The van der Waals surface area contributed by atoms with Crippen LogP contribution in [0.15, 0.2) is 24.3 Å². The van der Waals surface area contributed by atoms with Crippen molar-refractivity contribution < 1.29 is 9.59 Å². The topological polar surface area (TPSA) is 49.4 Å². The van der Waals surface area contributed by atoms with Crippen LogP contribution in [0.2, 0.25) is 5.02 Å². The summed E-state index contributed by atoms with van der Waals surface area (Å²) in [6.45, 7) is 6.21. The molecule has 0 atom stereocenters. The third-order valence-corrected chi connectivity index (χ3v) is 3.19. The molecule has 0 aliphatic rings. The molecular weight excluding hydrogens is 276 g/mol. The average molecular weight is 297 g/mol. The first-order valence-corrected chi connectivity index (χ1v) is 7.09. The number of benzene rings is 1. The second-order valence-corrected chi connectivity index (χ2v) is 5.50. The second-order valence-electron chi connectivity index (χ2n) is 5.09. The Morgan fingerprint density at radius 2 is 1.95 bits per heavy atom. The molecule has 5 heteroatoms. The number of halogens is 1. The van der Waals surface area contributed by atoms with Crippen molar-refractivity contribution in [3.8, 4) is 0 Å². The fourth-order valence-corrected chi connectivity index (χ4v) is 1.97. The molecule has 0 aliphatic heterocycles. The smallest absolute Gasteiger partial charge is 0.240 e. The van der Waals surface area contributed by atoms with Crippen LogP contribution in [0.4, 0.5) is 5.69 Å². The Morgan fingerprint density at radius 1 is 1.30 bits per heavy atom. The van der Waals surface area contributed by atoms with Gasteiger partial charge in [-0.15, -0.1) is 0 Å². The summed E-state index contributed by atoms with van der Waals surface area (Å²) < 4.78 is 0. The Morgan fingerprint density at radius 3 is 2.50 bits per heavy atom. The molecule has 1 aromatic carbocycles. The van der Waals surface area contributed by atoms with Crippen LogP contribution >= 0.6 is 11.6 Å². The molecule has 0 aliphatic carbocycles. The van der Waals surface area contributed by atoms with E-state index in [2.05, 4.69) is 19.2 Å². The van der Waals surface area contributed by atoms with Crippen LogP contribution in [0.1, 0.15) is 27.2 Å². The van der Waals surface area contributed by atoms with Crippen LogP contribution in [-0.4, -0.2) is 24.9 Å². The lowest BCUT2D eigenvalue weighted by molar-refractivity contribution is -0.123. The maximum Gasteiger partial charge on any atom is 0.240 e.